The fraction of sp³-hybridized carbons (Fsp3) is 0.400. The van der Waals surface area contributed by atoms with Crippen molar-refractivity contribution in [1.82, 2.24) is 24.8 Å². The average Bonchev–Trinajstić information content (AvgIpc) is 3.13. The Morgan fingerprint density at radius 2 is 1.91 bits per heavy atom. The molecule has 4 rings (SSSR count). The second kappa shape index (κ2) is 9.72. The van der Waals surface area contributed by atoms with Gasteiger partial charge in [-0.15, -0.1) is 0 Å². The molecule has 0 atom stereocenters. The average molecular weight is 474 g/mol. The van der Waals surface area contributed by atoms with Gasteiger partial charge in [0.25, 0.3) is 0 Å². The zero-order valence-corrected chi connectivity index (χ0v) is 21.1. The van der Waals surface area contributed by atoms with E-state index in [1.54, 1.807) is 13.2 Å². The first-order valence-electron chi connectivity index (χ1n) is 11.4. The molecule has 35 heavy (non-hydrogen) atoms. The van der Waals surface area contributed by atoms with Gasteiger partial charge in [-0.2, -0.15) is 10.2 Å². The van der Waals surface area contributed by atoms with Crippen LogP contribution in [0.15, 0.2) is 36.7 Å². The molecule has 1 aromatic carbocycles. The summed E-state index contributed by atoms with van der Waals surface area (Å²) in [6.07, 6.45) is 1.49. The molecular weight excluding hydrogens is 442 g/mol. The highest BCUT2D eigenvalue weighted by atomic mass is 16.5. The van der Waals surface area contributed by atoms with Crippen LogP contribution in [0.2, 0.25) is 0 Å². The van der Waals surface area contributed by atoms with Gasteiger partial charge in [0.15, 0.2) is 0 Å². The Balaban J connectivity index is 1.58. The number of likely N-dealkylation sites (N-methyl/N-ethyl adjacent to an activating group) is 2. The quantitative estimate of drug-likeness (QED) is 0.523. The lowest BCUT2D eigenvalue weighted by Gasteiger charge is -2.23. The number of rotatable bonds is 8. The summed E-state index contributed by atoms with van der Waals surface area (Å²) in [5, 5.41) is 12.5. The molecule has 1 aliphatic rings. The van der Waals surface area contributed by atoms with Crippen LogP contribution in [0.5, 0.6) is 5.75 Å². The third-order valence-electron chi connectivity index (χ3n) is 6.03. The molecule has 0 bridgehead atoms. The maximum Gasteiger partial charge on any atom is 0.234 e. The van der Waals surface area contributed by atoms with Gasteiger partial charge in [-0.05, 0) is 38.4 Å². The summed E-state index contributed by atoms with van der Waals surface area (Å²) < 4.78 is 5.64. The molecule has 0 spiro atoms. The second-order valence-electron chi connectivity index (χ2n) is 9.49. The molecule has 0 amide bonds. The van der Waals surface area contributed by atoms with Crippen molar-refractivity contribution in [2.45, 2.75) is 19.3 Å². The first-order valence-corrected chi connectivity index (χ1v) is 11.4. The van der Waals surface area contributed by atoms with Crippen molar-refractivity contribution in [1.29, 1.82) is 5.26 Å². The highest BCUT2D eigenvalue weighted by molar-refractivity contribution is 5.70. The monoisotopic (exact) mass is 473 g/mol. The molecule has 0 saturated carbocycles. The number of nitrogens with one attached hydrogen (secondary N) is 1. The number of nitrogens with zero attached hydrogens (tertiary/aromatic N) is 8. The molecule has 0 aliphatic carbocycles. The predicted molar refractivity (Wildman–Crippen MR) is 137 cm³/mol. The van der Waals surface area contributed by atoms with Crippen molar-refractivity contribution in [2.75, 3.05) is 63.0 Å². The molecule has 2 aromatic heterocycles. The van der Waals surface area contributed by atoms with E-state index in [9.17, 15) is 5.26 Å². The molecule has 0 saturated heterocycles. The molecule has 0 radical (unpaired) electrons. The predicted octanol–water partition coefficient (Wildman–Crippen LogP) is 3.32. The maximum atomic E-state index is 9.26. The minimum Gasteiger partial charge on any atom is -0.494 e. The van der Waals surface area contributed by atoms with Crippen molar-refractivity contribution in [2.24, 2.45) is 0 Å². The van der Waals surface area contributed by atoms with E-state index in [1.165, 1.54) is 6.33 Å². The van der Waals surface area contributed by atoms with Gasteiger partial charge in [0.2, 0.25) is 11.9 Å². The molecule has 0 fully saturated rings. The van der Waals surface area contributed by atoms with E-state index in [4.69, 9.17) is 4.74 Å². The Morgan fingerprint density at radius 1 is 1.11 bits per heavy atom. The van der Waals surface area contributed by atoms with Crippen LogP contribution in [-0.2, 0) is 5.41 Å². The van der Waals surface area contributed by atoms with E-state index in [2.05, 4.69) is 76.1 Å². The van der Waals surface area contributed by atoms with Gasteiger partial charge in [0.1, 0.15) is 23.8 Å². The number of fused-ring (bicyclic) bond motifs is 1. The summed E-state index contributed by atoms with van der Waals surface area (Å²) in [6.45, 7) is 6.70. The molecule has 10 heteroatoms. The first kappa shape index (κ1) is 24.2. The van der Waals surface area contributed by atoms with Crippen molar-refractivity contribution >= 4 is 29.0 Å². The minimum atomic E-state index is -0.250. The zero-order valence-electron chi connectivity index (χ0n) is 21.1. The smallest absolute Gasteiger partial charge is 0.234 e. The summed E-state index contributed by atoms with van der Waals surface area (Å²) in [5.41, 5.74) is 3.73. The van der Waals surface area contributed by atoms with E-state index in [0.29, 0.717) is 29.9 Å². The lowest BCUT2D eigenvalue weighted by Crippen LogP contribution is -2.28. The van der Waals surface area contributed by atoms with E-state index in [1.807, 2.05) is 29.2 Å². The number of anilines is 5. The summed E-state index contributed by atoms with van der Waals surface area (Å²) in [6, 6.07) is 11.7. The molecule has 1 N–H and O–H groups in total. The third kappa shape index (κ3) is 5.10. The molecule has 182 valence electrons. The van der Waals surface area contributed by atoms with Gasteiger partial charge in [0.05, 0.1) is 24.2 Å². The van der Waals surface area contributed by atoms with Crippen LogP contribution in [0.25, 0.3) is 0 Å². The molecular formula is C25H31N9O. The number of nitriles is 1. The van der Waals surface area contributed by atoms with Crippen LogP contribution in [0, 0.1) is 11.3 Å². The fourth-order valence-electron chi connectivity index (χ4n) is 4.06. The van der Waals surface area contributed by atoms with Crippen molar-refractivity contribution in [3.63, 3.8) is 0 Å². The number of pyridine rings is 1. The fourth-order valence-corrected chi connectivity index (χ4v) is 4.06. The number of hydrogen-bond acceptors (Lipinski definition) is 10. The molecule has 10 nitrogen and oxygen atoms in total. The van der Waals surface area contributed by atoms with Gasteiger partial charge in [-0.3, -0.25) is 0 Å². The van der Waals surface area contributed by atoms with Crippen LogP contribution in [0.1, 0.15) is 25.2 Å². The SMILES string of the molecule is COc1cc(N(C)CCN(C)C)ccc1Nc1ncnc(N2CC(C)(C)c3nc(C#N)ccc32)n1. The molecule has 0 unspecified atom stereocenters. The Bertz CT molecular complexity index is 1250. The number of ether oxygens (including phenoxy) is 1. The Morgan fingerprint density at radius 3 is 2.63 bits per heavy atom. The molecule has 3 aromatic rings. The van der Waals surface area contributed by atoms with Gasteiger partial charge >= 0.3 is 0 Å². The topological polar surface area (TPSA) is 106 Å². The highest BCUT2D eigenvalue weighted by Crippen LogP contribution is 2.42. The Hall–Kier alpha value is -3.97. The Kier molecular flexibility index (Phi) is 6.71. The van der Waals surface area contributed by atoms with Gasteiger partial charge in [0, 0.05) is 43.9 Å². The summed E-state index contributed by atoms with van der Waals surface area (Å²) in [7, 11) is 7.83. The van der Waals surface area contributed by atoms with E-state index < -0.39 is 0 Å². The second-order valence-corrected chi connectivity index (χ2v) is 9.49. The summed E-state index contributed by atoms with van der Waals surface area (Å²) in [5.74, 6) is 1.62. The largest absolute Gasteiger partial charge is 0.494 e. The number of aromatic nitrogens is 4. The van der Waals surface area contributed by atoms with E-state index >= 15 is 0 Å². The van der Waals surface area contributed by atoms with E-state index in [0.717, 1.165) is 35.8 Å². The standard InChI is InChI=1S/C25H31N9O/c1-25(2)15-34(20-10-7-17(14-26)29-22(20)25)24-28-16-27-23(31-24)30-19-9-8-18(13-21(19)35-6)33(5)12-11-32(3)4/h7-10,13,16H,11-12,15H2,1-6H3,(H,27,28,30,31). The maximum absolute atomic E-state index is 9.26. The highest BCUT2D eigenvalue weighted by Gasteiger charge is 2.38. The van der Waals surface area contributed by atoms with Gasteiger partial charge < -0.3 is 24.8 Å². The van der Waals surface area contributed by atoms with Crippen LogP contribution in [0.4, 0.5) is 29.0 Å². The van der Waals surface area contributed by atoms with Crippen molar-refractivity contribution in [3.05, 3.63) is 48.0 Å². The lowest BCUT2D eigenvalue weighted by molar-refractivity contribution is 0.413. The number of benzene rings is 1. The van der Waals surface area contributed by atoms with Gasteiger partial charge in [-0.1, -0.05) is 13.8 Å². The van der Waals surface area contributed by atoms with Gasteiger partial charge in [-0.25, -0.2) is 15.0 Å². The zero-order chi connectivity index (χ0) is 25.2. The van der Waals surface area contributed by atoms with E-state index in [-0.39, 0.29) is 5.41 Å². The summed E-state index contributed by atoms with van der Waals surface area (Å²) >= 11 is 0. The third-order valence-corrected chi connectivity index (χ3v) is 6.03. The van der Waals surface area contributed by atoms with Crippen LogP contribution >= 0.6 is 0 Å². The molecule has 1 aliphatic heterocycles. The minimum absolute atomic E-state index is 0.250. The van der Waals surface area contributed by atoms with Crippen LogP contribution in [0.3, 0.4) is 0 Å². The van der Waals surface area contributed by atoms with Crippen LogP contribution in [-0.4, -0.2) is 72.7 Å². The van der Waals surface area contributed by atoms with Crippen molar-refractivity contribution < 1.29 is 4.74 Å². The Labute approximate surface area is 206 Å². The summed E-state index contributed by atoms with van der Waals surface area (Å²) in [4.78, 5) is 24.3. The number of methoxy groups -OCH3 is 1. The normalized spacial score (nSPS) is 13.9. The molecule has 3 heterocycles. The van der Waals surface area contributed by atoms with Crippen LogP contribution < -0.4 is 19.9 Å². The first-order chi connectivity index (χ1) is 16.7. The van der Waals surface area contributed by atoms with Crippen molar-refractivity contribution in [3.8, 4) is 11.8 Å². The number of hydrogen-bond donors (Lipinski definition) is 1. The lowest BCUT2D eigenvalue weighted by atomic mass is 9.91.